The molecule has 0 spiro atoms. The third-order valence-electron chi connectivity index (χ3n) is 2.50. The molecule has 0 aliphatic carbocycles. The first-order chi connectivity index (χ1) is 7.49. The van der Waals surface area contributed by atoms with E-state index in [-0.39, 0.29) is 5.38 Å². The summed E-state index contributed by atoms with van der Waals surface area (Å²) < 4.78 is 1.12. The predicted molar refractivity (Wildman–Crippen MR) is 78.2 cm³/mol. The molecule has 4 heteroatoms. The fourth-order valence-electron chi connectivity index (χ4n) is 1.53. The van der Waals surface area contributed by atoms with Crippen molar-refractivity contribution in [2.75, 3.05) is 0 Å². The number of halogens is 2. The van der Waals surface area contributed by atoms with Gasteiger partial charge in [-0.25, -0.2) is 0 Å². The highest BCUT2D eigenvalue weighted by Gasteiger charge is 2.19. The van der Waals surface area contributed by atoms with Crippen molar-refractivity contribution in [2.24, 2.45) is 0 Å². The molecule has 0 radical (unpaired) electrons. The van der Waals surface area contributed by atoms with E-state index in [2.05, 4.69) is 48.8 Å². The summed E-state index contributed by atoms with van der Waals surface area (Å²) in [6, 6.07) is 4.32. The molecule has 0 N–H and O–H groups in total. The monoisotopic (exact) mass is 334 g/mol. The van der Waals surface area contributed by atoms with Crippen molar-refractivity contribution in [1.29, 1.82) is 0 Å². The first-order valence-corrected chi connectivity index (χ1v) is 7.82. The van der Waals surface area contributed by atoms with E-state index in [1.165, 1.54) is 25.1 Å². The molecule has 0 nitrogen and oxygen atoms in total. The third-order valence-corrected chi connectivity index (χ3v) is 6.46. The second-order valence-corrected chi connectivity index (χ2v) is 7.69. The van der Waals surface area contributed by atoms with Gasteiger partial charge in [-0.15, -0.1) is 34.3 Å². The number of hydrogen-bond donors (Lipinski definition) is 0. The second-order valence-electron chi connectivity index (χ2n) is 3.82. The largest absolute Gasteiger partial charge is 0.143 e. The molecular formula is C12H12BrClS2. The molecule has 0 fully saturated rings. The van der Waals surface area contributed by atoms with Gasteiger partial charge in [-0.2, -0.15) is 0 Å². The molecule has 0 aliphatic heterocycles. The van der Waals surface area contributed by atoms with Gasteiger partial charge < -0.3 is 0 Å². The minimum atomic E-state index is -0.0227. The molecule has 2 aromatic heterocycles. The molecular weight excluding hydrogens is 324 g/mol. The Labute approximate surface area is 117 Å². The number of rotatable bonds is 2. The van der Waals surface area contributed by atoms with Crippen LogP contribution in [0.2, 0.25) is 0 Å². The Morgan fingerprint density at radius 1 is 1.19 bits per heavy atom. The van der Waals surface area contributed by atoms with E-state index in [9.17, 15) is 0 Å². The van der Waals surface area contributed by atoms with Gasteiger partial charge in [0.15, 0.2) is 0 Å². The quantitative estimate of drug-likeness (QED) is 0.606. The van der Waals surface area contributed by atoms with Crippen molar-refractivity contribution in [1.82, 2.24) is 0 Å². The molecule has 0 aliphatic rings. The Morgan fingerprint density at radius 2 is 1.88 bits per heavy atom. The normalized spacial score (nSPS) is 13.1. The lowest BCUT2D eigenvalue weighted by molar-refractivity contribution is 1.22. The summed E-state index contributed by atoms with van der Waals surface area (Å²) in [5.74, 6) is 0. The maximum Gasteiger partial charge on any atom is 0.103 e. The van der Waals surface area contributed by atoms with Crippen LogP contribution >= 0.6 is 50.2 Å². The zero-order valence-corrected chi connectivity index (χ0v) is 13.3. The van der Waals surface area contributed by atoms with E-state index in [1.807, 2.05) is 0 Å². The van der Waals surface area contributed by atoms with Gasteiger partial charge >= 0.3 is 0 Å². The zero-order valence-electron chi connectivity index (χ0n) is 9.30. The molecule has 2 rings (SSSR count). The minimum Gasteiger partial charge on any atom is -0.143 e. The Kier molecular flexibility index (Phi) is 3.79. The summed E-state index contributed by atoms with van der Waals surface area (Å²) in [6.07, 6.45) is 0. The smallest absolute Gasteiger partial charge is 0.103 e. The van der Waals surface area contributed by atoms with E-state index >= 15 is 0 Å². The number of thiophene rings is 2. The van der Waals surface area contributed by atoms with Crippen molar-refractivity contribution in [3.63, 3.8) is 0 Å². The average molecular weight is 336 g/mol. The lowest BCUT2D eigenvalue weighted by atomic mass is 10.2. The van der Waals surface area contributed by atoms with Crippen LogP contribution in [0.4, 0.5) is 0 Å². The Hall–Kier alpha value is 0.170. The van der Waals surface area contributed by atoms with Crippen LogP contribution in [0.5, 0.6) is 0 Å². The molecule has 86 valence electrons. The Bertz CT molecular complexity index is 494. The third kappa shape index (κ3) is 2.37. The summed E-state index contributed by atoms with van der Waals surface area (Å²) in [6.45, 7) is 6.38. The number of hydrogen-bond acceptors (Lipinski definition) is 2. The fourth-order valence-corrected chi connectivity index (χ4v) is 5.09. The molecule has 0 saturated heterocycles. The molecule has 0 amide bonds. The molecule has 0 saturated carbocycles. The van der Waals surface area contributed by atoms with E-state index < -0.39 is 0 Å². The first-order valence-electron chi connectivity index (χ1n) is 4.96. The van der Waals surface area contributed by atoms with Crippen molar-refractivity contribution in [2.45, 2.75) is 26.1 Å². The molecule has 0 aromatic carbocycles. The average Bonchev–Trinajstić information content (AvgIpc) is 2.70. The standard InChI is InChI=1S/C12H12BrClS2/c1-6-4-10(16-8(6)3)11(14)12-9(13)5-7(2)15-12/h4-5,11H,1-3H3. The van der Waals surface area contributed by atoms with Crippen LogP contribution in [-0.2, 0) is 0 Å². The van der Waals surface area contributed by atoms with E-state index in [4.69, 9.17) is 11.6 Å². The van der Waals surface area contributed by atoms with Crippen LogP contribution in [0.3, 0.4) is 0 Å². The maximum absolute atomic E-state index is 6.53. The predicted octanol–water partition coefficient (Wildman–Crippen LogP) is 5.83. The fraction of sp³-hybridized carbons (Fsp3) is 0.333. The van der Waals surface area contributed by atoms with Gasteiger partial charge in [0, 0.05) is 24.0 Å². The van der Waals surface area contributed by atoms with Crippen molar-refractivity contribution >= 4 is 50.2 Å². The molecule has 1 unspecified atom stereocenters. The van der Waals surface area contributed by atoms with E-state index in [0.29, 0.717) is 0 Å². The highest BCUT2D eigenvalue weighted by Crippen LogP contribution is 2.42. The zero-order chi connectivity index (χ0) is 11.9. The van der Waals surface area contributed by atoms with Crippen LogP contribution in [0.15, 0.2) is 16.6 Å². The van der Waals surface area contributed by atoms with E-state index in [0.717, 1.165) is 4.47 Å². The summed E-state index contributed by atoms with van der Waals surface area (Å²) in [5, 5.41) is -0.0227. The van der Waals surface area contributed by atoms with Crippen molar-refractivity contribution in [3.8, 4) is 0 Å². The SMILES string of the molecule is Cc1cc(Br)c(C(Cl)c2cc(C)c(C)s2)s1. The van der Waals surface area contributed by atoms with Gasteiger partial charge in [-0.3, -0.25) is 0 Å². The molecule has 2 aromatic rings. The van der Waals surface area contributed by atoms with Crippen molar-refractivity contribution in [3.05, 3.63) is 41.7 Å². The van der Waals surface area contributed by atoms with Crippen LogP contribution < -0.4 is 0 Å². The summed E-state index contributed by atoms with van der Waals surface area (Å²) in [7, 11) is 0. The lowest BCUT2D eigenvalue weighted by Crippen LogP contribution is -1.86. The van der Waals surface area contributed by atoms with Gasteiger partial charge in [-0.1, -0.05) is 0 Å². The summed E-state index contributed by atoms with van der Waals surface area (Å²) in [5.41, 5.74) is 1.33. The van der Waals surface area contributed by atoms with Gasteiger partial charge in [0.2, 0.25) is 0 Å². The number of alkyl halides is 1. The highest BCUT2D eigenvalue weighted by molar-refractivity contribution is 9.10. The van der Waals surface area contributed by atoms with Gasteiger partial charge in [0.05, 0.1) is 0 Å². The van der Waals surface area contributed by atoms with Crippen molar-refractivity contribution < 1.29 is 0 Å². The lowest BCUT2D eigenvalue weighted by Gasteiger charge is -2.04. The Balaban J connectivity index is 2.38. The van der Waals surface area contributed by atoms with Crippen LogP contribution in [0.25, 0.3) is 0 Å². The van der Waals surface area contributed by atoms with Crippen LogP contribution in [0.1, 0.15) is 30.4 Å². The minimum absolute atomic E-state index is 0.0227. The van der Waals surface area contributed by atoms with Crippen LogP contribution in [-0.4, -0.2) is 0 Å². The molecule has 1 atom stereocenters. The van der Waals surface area contributed by atoms with Gasteiger partial charge in [-0.05, 0) is 54.4 Å². The van der Waals surface area contributed by atoms with Crippen LogP contribution in [0, 0.1) is 20.8 Å². The maximum atomic E-state index is 6.53. The van der Waals surface area contributed by atoms with Gasteiger partial charge in [0.25, 0.3) is 0 Å². The molecule has 16 heavy (non-hydrogen) atoms. The topological polar surface area (TPSA) is 0 Å². The molecule has 2 heterocycles. The van der Waals surface area contributed by atoms with E-state index in [1.54, 1.807) is 22.7 Å². The summed E-state index contributed by atoms with van der Waals surface area (Å²) in [4.78, 5) is 5.09. The summed E-state index contributed by atoms with van der Waals surface area (Å²) >= 11 is 13.6. The molecule has 0 bridgehead atoms. The highest BCUT2D eigenvalue weighted by atomic mass is 79.9. The second kappa shape index (κ2) is 4.81. The van der Waals surface area contributed by atoms with Gasteiger partial charge in [0.1, 0.15) is 5.38 Å². The Morgan fingerprint density at radius 3 is 2.31 bits per heavy atom. The first kappa shape index (κ1) is 12.6. The number of aryl methyl sites for hydroxylation is 3.